The van der Waals surface area contributed by atoms with Gasteiger partial charge in [0.1, 0.15) is 5.00 Å². The predicted molar refractivity (Wildman–Crippen MR) is 144 cm³/mol. The highest BCUT2D eigenvalue weighted by Gasteiger charge is 2.29. The Balaban J connectivity index is 1.38. The summed E-state index contributed by atoms with van der Waals surface area (Å²) in [4.78, 5) is 39.3. The number of hydrogen-bond donors (Lipinski definition) is 2. The van der Waals surface area contributed by atoms with Gasteiger partial charge in [-0.05, 0) is 75.8 Å². The number of anilines is 1. The van der Waals surface area contributed by atoms with Gasteiger partial charge in [-0.3, -0.25) is 9.59 Å². The number of carbonyl (C=O) groups excluding carboxylic acids is 3. The van der Waals surface area contributed by atoms with Gasteiger partial charge in [0.25, 0.3) is 5.91 Å². The van der Waals surface area contributed by atoms with Crippen LogP contribution in [-0.4, -0.2) is 44.4 Å². The lowest BCUT2D eigenvalue weighted by atomic mass is 10.1. The number of carbonyl (C=O) groups is 3. The van der Waals surface area contributed by atoms with E-state index in [-0.39, 0.29) is 25.0 Å². The second-order valence-corrected chi connectivity index (χ2v) is 11.4. The van der Waals surface area contributed by atoms with Crippen LogP contribution in [0.1, 0.15) is 68.4 Å². The number of rotatable bonds is 9. The molecule has 1 aromatic carbocycles. The lowest BCUT2D eigenvalue weighted by molar-refractivity contribution is -0.115. The molecule has 1 aliphatic carbocycles. The van der Waals surface area contributed by atoms with Crippen LogP contribution < -0.4 is 10.6 Å². The summed E-state index contributed by atoms with van der Waals surface area (Å²) in [6.45, 7) is 8.01. The van der Waals surface area contributed by atoms with E-state index in [9.17, 15) is 14.4 Å². The van der Waals surface area contributed by atoms with Crippen LogP contribution in [0.4, 0.5) is 5.00 Å². The fourth-order valence-electron chi connectivity index (χ4n) is 4.08. The number of aromatic nitrogens is 3. The Morgan fingerprint density at radius 1 is 1.19 bits per heavy atom. The van der Waals surface area contributed by atoms with Gasteiger partial charge in [-0.2, -0.15) is 0 Å². The van der Waals surface area contributed by atoms with Crippen LogP contribution in [0.2, 0.25) is 0 Å². The SMILES string of the molecule is CCOC(=O)c1c(NC(=O)[C@H](C)Sc2nnc(CNC(=O)c3ccc(C)c(C)c3)n2C)sc2c1CCC2. The molecule has 9 nitrogen and oxygen atoms in total. The molecule has 0 radical (unpaired) electrons. The summed E-state index contributed by atoms with van der Waals surface area (Å²) in [6, 6.07) is 5.58. The number of hydrogen-bond acceptors (Lipinski definition) is 8. The Labute approximate surface area is 224 Å². The number of fused-ring (bicyclic) bond motifs is 1. The fourth-order valence-corrected chi connectivity index (χ4v) is 6.20. The molecule has 2 N–H and O–H groups in total. The van der Waals surface area contributed by atoms with Crippen LogP contribution >= 0.6 is 23.1 Å². The van der Waals surface area contributed by atoms with Crippen LogP contribution in [0.15, 0.2) is 23.4 Å². The monoisotopic (exact) mass is 541 g/mol. The van der Waals surface area contributed by atoms with E-state index >= 15 is 0 Å². The molecule has 0 saturated heterocycles. The lowest BCUT2D eigenvalue weighted by Gasteiger charge is -2.12. The van der Waals surface area contributed by atoms with Gasteiger partial charge >= 0.3 is 5.97 Å². The first-order valence-electron chi connectivity index (χ1n) is 12.2. The molecule has 0 fully saturated rings. The smallest absolute Gasteiger partial charge is 0.341 e. The minimum absolute atomic E-state index is 0.187. The highest BCUT2D eigenvalue weighted by molar-refractivity contribution is 8.00. The first kappa shape index (κ1) is 26.9. The third-order valence-electron chi connectivity index (χ3n) is 6.39. The van der Waals surface area contributed by atoms with E-state index < -0.39 is 11.2 Å². The molecule has 37 heavy (non-hydrogen) atoms. The Kier molecular flexibility index (Phi) is 8.33. The molecule has 2 amide bonds. The van der Waals surface area contributed by atoms with Crippen molar-refractivity contribution in [3.8, 4) is 0 Å². The highest BCUT2D eigenvalue weighted by Crippen LogP contribution is 2.40. The number of benzene rings is 1. The van der Waals surface area contributed by atoms with E-state index in [0.29, 0.717) is 27.1 Å². The van der Waals surface area contributed by atoms with Crippen molar-refractivity contribution in [3.05, 3.63) is 56.7 Å². The van der Waals surface area contributed by atoms with E-state index in [2.05, 4.69) is 20.8 Å². The molecule has 1 atom stereocenters. The third kappa shape index (κ3) is 5.88. The molecule has 4 rings (SSSR count). The normalized spacial score (nSPS) is 13.2. The Hall–Kier alpha value is -3.18. The number of nitrogens with zero attached hydrogens (tertiary/aromatic N) is 3. The van der Waals surface area contributed by atoms with E-state index in [0.717, 1.165) is 40.8 Å². The number of nitrogens with one attached hydrogen (secondary N) is 2. The summed E-state index contributed by atoms with van der Waals surface area (Å²) in [5, 5.41) is 14.8. The molecule has 0 bridgehead atoms. The molecule has 11 heteroatoms. The average Bonchev–Trinajstić information content (AvgIpc) is 3.54. The van der Waals surface area contributed by atoms with Crippen molar-refractivity contribution in [1.29, 1.82) is 0 Å². The predicted octanol–water partition coefficient (Wildman–Crippen LogP) is 4.21. The molecule has 3 aromatic rings. The number of aryl methyl sites for hydroxylation is 3. The van der Waals surface area contributed by atoms with E-state index in [1.165, 1.54) is 23.1 Å². The summed E-state index contributed by atoms with van der Waals surface area (Å²) >= 11 is 2.72. The van der Waals surface area contributed by atoms with Gasteiger partial charge in [0.05, 0.1) is 24.0 Å². The number of esters is 1. The molecule has 0 aliphatic heterocycles. The summed E-state index contributed by atoms with van der Waals surface area (Å²) in [7, 11) is 1.80. The maximum absolute atomic E-state index is 13.0. The van der Waals surface area contributed by atoms with Crippen molar-refractivity contribution in [2.24, 2.45) is 7.05 Å². The highest BCUT2D eigenvalue weighted by atomic mass is 32.2. The van der Waals surface area contributed by atoms with E-state index in [1.54, 1.807) is 31.5 Å². The maximum atomic E-state index is 13.0. The molecule has 2 aromatic heterocycles. The fraction of sp³-hybridized carbons (Fsp3) is 0.423. The van der Waals surface area contributed by atoms with Gasteiger partial charge in [-0.25, -0.2) is 4.79 Å². The Bertz CT molecular complexity index is 1350. The van der Waals surface area contributed by atoms with Crippen LogP contribution in [0.3, 0.4) is 0 Å². The van der Waals surface area contributed by atoms with E-state index in [4.69, 9.17) is 4.74 Å². The van der Waals surface area contributed by atoms with Gasteiger partial charge < -0.3 is 19.9 Å². The largest absolute Gasteiger partial charge is 0.462 e. The minimum Gasteiger partial charge on any atom is -0.462 e. The number of amides is 2. The molecule has 1 aliphatic rings. The first-order chi connectivity index (χ1) is 17.7. The molecule has 196 valence electrons. The zero-order valence-electron chi connectivity index (χ0n) is 21.6. The van der Waals surface area contributed by atoms with Gasteiger partial charge in [0, 0.05) is 17.5 Å². The van der Waals surface area contributed by atoms with Crippen molar-refractivity contribution in [2.45, 2.75) is 63.9 Å². The maximum Gasteiger partial charge on any atom is 0.341 e. The van der Waals surface area contributed by atoms with Crippen molar-refractivity contribution in [1.82, 2.24) is 20.1 Å². The topological polar surface area (TPSA) is 115 Å². The van der Waals surface area contributed by atoms with Crippen LogP contribution in [-0.2, 0) is 36.0 Å². The summed E-state index contributed by atoms with van der Waals surface area (Å²) in [5.41, 5.74) is 4.26. The van der Waals surface area contributed by atoms with Gasteiger partial charge in [-0.1, -0.05) is 17.8 Å². The molecule has 0 spiro atoms. The molecular formula is C26H31N5O4S2. The van der Waals surface area contributed by atoms with Crippen LogP contribution in [0, 0.1) is 13.8 Å². The lowest BCUT2D eigenvalue weighted by Crippen LogP contribution is -2.25. The zero-order chi connectivity index (χ0) is 26.7. The molecule has 0 saturated carbocycles. The summed E-state index contributed by atoms with van der Waals surface area (Å²) in [5.74, 6) is -0.235. The number of thioether (sulfide) groups is 1. The van der Waals surface area contributed by atoms with Gasteiger partial charge in [-0.15, -0.1) is 21.5 Å². The second-order valence-electron chi connectivity index (χ2n) is 8.97. The zero-order valence-corrected chi connectivity index (χ0v) is 23.3. The average molecular weight is 542 g/mol. The quantitative estimate of drug-likeness (QED) is 0.308. The number of ether oxygens (including phenoxy) is 1. The minimum atomic E-state index is -0.493. The summed E-state index contributed by atoms with van der Waals surface area (Å²) in [6.07, 6.45) is 2.74. The molecule has 2 heterocycles. The molecular weight excluding hydrogens is 510 g/mol. The Morgan fingerprint density at radius 2 is 1.97 bits per heavy atom. The first-order valence-corrected chi connectivity index (χ1v) is 13.9. The van der Waals surface area contributed by atoms with Gasteiger partial charge in [0.2, 0.25) is 5.91 Å². The summed E-state index contributed by atoms with van der Waals surface area (Å²) < 4.78 is 7.01. The standard InChI is InChI=1S/C26H31N5O4S2/c1-6-35-25(34)21-18-8-7-9-19(18)37-24(21)28-22(32)16(4)36-26-30-29-20(31(26)5)13-27-23(33)17-11-10-14(2)15(3)12-17/h10-12,16H,6-9,13H2,1-5H3,(H,27,33)(H,28,32)/t16-/m0/s1. The molecule has 0 unspecified atom stereocenters. The van der Waals surface area contributed by atoms with Crippen molar-refractivity contribution >= 4 is 45.9 Å². The van der Waals surface area contributed by atoms with Gasteiger partial charge in [0.15, 0.2) is 11.0 Å². The number of thiophene rings is 1. The third-order valence-corrected chi connectivity index (χ3v) is 8.73. The van der Waals surface area contributed by atoms with Crippen LogP contribution in [0.5, 0.6) is 0 Å². The Morgan fingerprint density at radius 3 is 2.70 bits per heavy atom. The van der Waals surface area contributed by atoms with Crippen LogP contribution in [0.25, 0.3) is 0 Å². The van der Waals surface area contributed by atoms with E-state index in [1.807, 2.05) is 26.0 Å². The van der Waals surface area contributed by atoms with Crippen molar-refractivity contribution < 1.29 is 19.1 Å². The van der Waals surface area contributed by atoms with Crippen molar-refractivity contribution in [3.63, 3.8) is 0 Å². The second kappa shape index (κ2) is 11.5. The van der Waals surface area contributed by atoms with Crippen molar-refractivity contribution in [2.75, 3.05) is 11.9 Å².